The lowest BCUT2D eigenvalue weighted by atomic mass is 9.85. The van der Waals surface area contributed by atoms with Crippen molar-refractivity contribution in [2.75, 3.05) is 20.2 Å². The Bertz CT molecular complexity index is 462. The third kappa shape index (κ3) is 3.65. The van der Waals surface area contributed by atoms with E-state index in [4.69, 9.17) is 16.3 Å². The molecule has 1 fully saturated rings. The van der Waals surface area contributed by atoms with Crippen molar-refractivity contribution in [3.8, 4) is 5.75 Å². The van der Waals surface area contributed by atoms with Gasteiger partial charge >= 0.3 is 0 Å². The Kier molecular flexibility index (Phi) is 7.28. The van der Waals surface area contributed by atoms with Crippen LogP contribution < -0.4 is 4.74 Å². The molecular formula is C16H25Cl2NO2. The SMILES string of the molecule is COc1ccc(Cl)c2c1CCCC2N1CCCCC1.Cl.O. The number of hydrogen-bond donors (Lipinski definition) is 0. The number of benzene rings is 1. The zero-order valence-electron chi connectivity index (χ0n) is 12.5. The van der Waals surface area contributed by atoms with E-state index < -0.39 is 0 Å². The lowest BCUT2D eigenvalue weighted by Gasteiger charge is -2.38. The number of halogens is 2. The van der Waals surface area contributed by atoms with Crippen LogP contribution in [0.2, 0.25) is 5.02 Å². The Hall–Kier alpha value is -0.480. The molecule has 3 rings (SSSR count). The summed E-state index contributed by atoms with van der Waals surface area (Å²) < 4.78 is 5.53. The van der Waals surface area contributed by atoms with E-state index >= 15 is 0 Å². The minimum absolute atomic E-state index is 0. The van der Waals surface area contributed by atoms with Gasteiger partial charge in [-0.05, 0) is 62.9 Å². The van der Waals surface area contributed by atoms with Crippen molar-refractivity contribution < 1.29 is 10.2 Å². The molecule has 1 saturated heterocycles. The molecule has 0 radical (unpaired) electrons. The van der Waals surface area contributed by atoms with Crippen LogP contribution in [0.4, 0.5) is 0 Å². The Balaban J connectivity index is 0.00000110. The fourth-order valence-corrected chi connectivity index (χ4v) is 3.94. The highest BCUT2D eigenvalue weighted by molar-refractivity contribution is 6.31. The first-order valence-electron chi connectivity index (χ1n) is 7.40. The Morgan fingerprint density at radius 2 is 1.86 bits per heavy atom. The van der Waals surface area contributed by atoms with Gasteiger partial charge in [-0.15, -0.1) is 12.4 Å². The van der Waals surface area contributed by atoms with Crippen LogP contribution in [0.15, 0.2) is 12.1 Å². The molecule has 5 heteroatoms. The Labute approximate surface area is 138 Å². The lowest BCUT2D eigenvalue weighted by molar-refractivity contribution is 0.148. The summed E-state index contributed by atoms with van der Waals surface area (Å²) in [5, 5.41) is 0.922. The summed E-state index contributed by atoms with van der Waals surface area (Å²) in [6.45, 7) is 2.44. The van der Waals surface area contributed by atoms with Crippen LogP contribution >= 0.6 is 24.0 Å². The van der Waals surface area contributed by atoms with Gasteiger partial charge in [0, 0.05) is 16.6 Å². The number of ether oxygens (including phenoxy) is 1. The van der Waals surface area contributed by atoms with Gasteiger partial charge in [0.15, 0.2) is 0 Å². The van der Waals surface area contributed by atoms with Crippen LogP contribution in [0.5, 0.6) is 5.75 Å². The lowest BCUT2D eigenvalue weighted by Crippen LogP contribution is -2.35. The van der Waals surface area contributed by atoms with Crippen LogP contribution in [0.3, 0.4) is 0 Å². The van der Waals surface area contributed by atoms with E-state index in [-0.39, 0.29) is 17.9 Å². The van der Waals surface area contributed by atoms with Crippen LogP contribution in [0, 0.1) is 0 Å². The standard InChI is InChI=1S/C16H22ClNO.ClH.H2O/c1-19-15-9-8-13(17)16-12(15)6-5-7-14(16)18-10-3-2-4-11-18;;/h8-9,14H,2-7,10-11H2,1H3;1H;1H2. The van der Waals surface area contributed by atoms with E-state index in [1.54, 1.807) is 7.11 Å². The quantitative estimate of drug-likeness (QED) is 0.825. The molecule has 1 unspecified atom stereocenters. The van der Waals surface area contributed by atoms with Crippen LogP contribution in [-0.2, 0) is 6.42 Å². The maximum atomic E-state index is 6.50. The second-order valence-corrected chi connectivity index (χ2v) is 6.05. The maximum absolute atomic E-state index is 6.50. The third-order valence-electron chi connectivity index (χ3n) is 4.55. The van der Waals surface area contributed by atoms with Gasteiger partial charge in [-0.1, -0.05) is 18.0 Å². The number of methoxy groups -OCH3 is 1. The van der Waals surface area contributed by atoms with Crippen molar-refractivity contribution in [2.24, 2.45) is 0 Å². The fraction of sp³-hybridized carbons (Fsp3) is 0.625. The van der Waals surface area contributed by atoms with Gasteiger partial charge in [0.25, 0.3) is 0 Å². The molecule has 1 aliphatic heterocycles. The molecule has 2 aliphatic rings. The summed E-state index contributed by atoms with van der Waals surface area (Å²) in [6.07, 6.45) is 7.61. The number of fused-ring (bicyclic) bond motifs is 1. The summed E-state index contributed by atoms with van der Waals surface area (Å²) in [4.78, 5) is 2.63. The number of piperidine rings is 1. The fourth-order valence-electron chi connectivity index (χ4n) is 3.64. The van der Waals surface area contributed by atoms with E-state index in [2.05, 4.69) is 4.90 Å². The average molecular weight is 334 g/mol. The van der Waals surface area contributed by atoms with Crippen LogP contribution in [0.25, 0.3) is 0 Å². The molecule has 3 nitrogen and oxygen atoms in total. The molecule has 120 valence electrons. The van der Waals surface area contributed by atoms with Crippen molar-refractivity contribution in [2.45, 2.75) is 44.6 Å². The van der Waals surface area contributed by atoms with Gasteiger partial charge < -0.3 is 10.2 Å². The van der Waals surface area contributed by atoms with Crippen molar-refractivity contribution in [1.82, 2.24) is 4.90 Å². The predicted octanol–water partition coefficient (Wildman–Crippen LogP) is 3.81. The number of rotatable bonds is 2. The first kappa shape index (κ1) is 18.6. The zero-order valence-corrected chi connectivity index (χ0v) is 14.1. The smallest absolute Gasteiger partial charge is 0.122 e. The highest BCUT2D eigenvalue weighted by atomic mass is 35.5. The molecule has 1 aromatic rings. The first-order chi connectivity index (χ1) is 9.31. The topological polar surface area (TPSA) is 44.0 Å². The molecule has 0 bridgehead atoms. The highest BCUT2D eigenvalue weighted by Crippen LogP contribution is 2.43. The molecular weight excluding hydrogens is 309 g/mol. The molecule has 0 aromatic heterocycles. The van der Waals surface area contributed by atoms with Gasteiger partial charge in [0.05, 0.1) is 7.11 Å². The Morgan fingerprint density at radius 1 is 1.14 bits per heavy atom. The highest BCUT2D eigenvalue weighted by Gasteiger charge is 2.30. The summed E-state index contributed by atoms with van der Waals surface area (Å²) in [5.41, 5.74) is 2.69. The zero-order chi connectivity index (χ0) is 13.2. The predicted molar refractivity (Wildman–Crippen MR) is 90.0 cm³/mol. The van der Waals surface area contributed by atoms with E-state index in [1.165, 1.54) is 56.3 Å². The molecule has 1 aromatic carbocycles. The van der Waals surface area contributed by atoms with Gasteiger partial charge in [-0.3, -0.25) is 4.90 Å². The van der Waals surface area contributed by atoms with Crippen molar-refractivity contribution >= 4 is 24.0 Å². The van der Waals surface area contributed by atoms with E-state index in [1.807, 2.05) is 12.1 Å². The van der Waals surface area contributed by atoms with Crippen molar-refractivity contribution in [3.05, 3.63) is 28.3 Å². The molecule has 1 atom stereocenters. The van der Waals surface area contributed by atoms with Gasteiger partial charge in [-0.2, -0.15) is 0 Å². The van der Waals surface area contributed by atoms with Crippen LogP contribution in [-0.4, -0.2) is 30.6 Å². The molecule has 0 amide bonds. The molecule has 0 saturated carbocycles. The maximum Gasteiger partial charge on any atom is 0.122 e. The van der Waals surface area contributed by atoms with Gasteiger partial charge in [0.2, 0.25) is 0 Å². The van der Waals surface area contributed by atoms with Gasteiger partial charge in [-0.25, -0.2) is 0 Å². The van der Waals surface area contributed by atoms with Crippen LogP contribution in [0.1, 0.15) is 49.3 Å². The molecule has 0 spiro atoms. The van der Waals surface area contributed by atoms with E-state index in [0.717, 1.165) is 17.2 Å². The first-order valence-corrected chi connectivity index (χ1v) is 7.78. The summed E-state index contributed by atoms with van der Waals surface area (Å²) in [5.74, 6) is 1.01. The summed E-state index contributed by atoms with van der Waals surface area (Å²) >= 11 is 6.50. The van der Waals surface area contributed by atoms with Crippen molar-refractivity contribution in [1.29, 1.82) is 0 Å². The summed E-state index contributed by atoms with van der Waals surface area (Å²) in [7, 11) is 1.76. The van der Waals surface area contributed by atoms with E-state index in [9.17, 15) is 0 Å². The third-order valence-corrected chi connectivity index (χ3v) is 4.88. The minimum Gasteiger partial charge on any atom is -0.496 e. The van der Waals surface area contributed by atoms with E-state index in [0.29, 0.717) is 6.04 Å². The number of likely N-dealkylation sites (tertiary alicyclic amines) is 1. The monoisotopic (exact) mass is 333 g/mol. The number of hydrogen-bond acceptors (Lipinski definition) is 2. The normalized spacial score (nSPS) is 21.7. The largest absolute Gasteiger partial charge is 0.496 e. The van der Waals surface area contributed by atoms with Crippen molar-refractivity contribution in [3.63, 3.8) is 0 Å². The molecule has 21 heavy (non-hydrogen) atoms. The minimum atomic E-state index is 0. The molecule has 1 heterocycles. The molecule has 1 aliphatic carbocycles. The molecule has 2 N–H and O–H groups in total. The Morgan fingerprint density at radius 3 is 2.52 bits per heavy atom. The average Bonchev–Trinajstić information content (AvgIpc) is 2.48. The second kappa shape index (κ2) is 8.23. The van der Waals surface area contributed by atoms with Gasteiger partial charge in [0.1, 0.15) is 5.75 Å². The second-order valence-electron chi connectivity index (χ2n) is 5.65. The summed E-state index contributed by atoms with van der Waals surface area (Å²) in [6, 6.07) is 4.52. The number of nitrogens with zero attached hydrogens (tertiary/aromatic N) is 1.